The van der Waals surface area contributed by atoms with Crippen molar-refractivity contribution < 1.29 is 14.3 Å². The molecule has 1 amide bonds. The molecule has 0 bridgehead atoms. The molecule has 0 aliphatic heterocycles. The summed E-state index contributed by atoms with van der Waals surface area (Å²) in [5.41, 5.74) is 2.62. The van der Waals surface area contributed by atoms with Gasteiger partial charge >= 0.3 is 5.97 Å². The number of esters is 1. The van der Waals surface area contributed by atoms with Crippen molar-refractivity contribution in [3.8, 4) is 11.4 Å². The maximum absolute atomic E-state index is 12.9. The van der Waals surface area contributed by atoms with Crippen molar-refractivity contribution in [2.75, 3.05) is 11.1 Å². The number of rotatable bonds is 8. The second kappa shape index (κ2) is 10.6. The fourth-order valence-corrected chi connectivity index (χ4v) is 6.88. The number of aryl methyl sites for hydroxylation is 2. The monoisotopic (exact) mass is 518 g/mol. The van der Waals surface area contributed by atoms with Gasteiger partial charge in [0.05, 0.1) is 17.4 Å². The van der Waals surface area contributed by atoms with Crippen molar-refractivity contribution in [3.05, 3.63) is 32.3 Å². The molecule has 0 aromatic carbocycles. The Morgan fingerprint density at radius 3 is 2.65 bits per heavy atom. The second-order valence-electron chi connectivity index (χ2n) is 8.92. The minimum Gasteiger partial charge on any atom is -0.459 e. The molecule has 1 aliphatic rings. The van der Waals surface area contributed by atoms with E-state index in [2.05, 4.69) is 52.3 Å². The molecule has 3 aromatic heterocycles. The average molecular weight is 519 g/mol. The third-order valence-electron chi connectivity index (χ3n) is 5.47. The van der Waals surface area contributed by atoms with E-state index >= 15 is 0 Å². The minimum atomic E-state index is -0.354. The van der Waals surface area contributed by atoms with Crippen molar-refractivity contribution in [1.82, 2.24) is 14.8 Å². The van der Waals surface area contributed by atoms with Crippen molar-refractivity contribution in [2.45, 2.75) is 77.6 Å². The van der Waals surface area contributed by atoms with E-state index in [1.165, 1.54) is 32.9 Å². The molecule has 34 heavy (non-hydrogen) atoms. The molecule has 0 fully saturated rings. The zero-order valence-corrected chi connectivity index (χ0v) is 22.6. The van der Waals surface area contributed by atoms with Crippen molar-refractivity contribution in [1.29, 1.82) is 0 Å². The molecular weight excluding hydrogens is 488 g/mol. The maximum atomic E-state index is 12.9. The van der Waals surface area contributed by atoms with Crippen LogP contribution in [0.5, 0.6) is 0 Å². The molecule has 3 aromatic rings. The van der Waals surface area contributed by atoms with E-state index in [4.69, 9.17) is 4.74 Å². The van der Waals surface area contributed by atoms with Gasteiger partial charge in [-0.05, 0) is 71.9 Å². The number of carbonyl (C=O) groups excluding carboxylic acids is 2. The van der Waals surface area contributed by atoms with Crippen molar-refractivity contribution in [3.63, 3.8) is 0 Å². The summed E-state index contributed by atoms with van der Waals surface area (Å²) in [6, 6.07) is 2.25. The van der Waals surface area contributed by atoms with Crippen LogP contribution in [0.2, 0.25) is 0 Å². The number of nitrogens with zero attached hydrogens (tertiary/aromatic N) is 3. The Kier molecular flexibility index (Phi) is 7.79. The van der Waals surface area contributed by atoms with Crippen LogP contribution in [0.15, 0.2) is 16.6 Å². The maximum Gasteiger partial charge on any atom is 0.341 e. The van der Waals surface area contributed by atoms with Crippen LogP contribution < -0.4 is 5.32 Å². The fourth-order valence-electron chi connectivity index (χ4n) is 4.03. The number of hydrogen-bond acceptors (Lipinski definition) is 8. The molecule has 0 saturated carbocycles. The van der Waals surface area contributed by atoms with Gasteiger partial charge in [0.2, 0.25) is 5.91 Å². The lowest BCUT2D eigenvalue weighted by molar-refractivity contribution is -0.113. The van der Waals surface area contributed by atoms with Crippen LogP contribution >= 0.6 is 34.4 Å². The summed E-state index contributed by atoms with van der Waals surface area (Å²) in [4.78, 5) is 28.2. The predicted octanol–water partition coefficient (Wildman–Crippen LogP) is 6.13. The van der Waals surface area contributed by atoms with E-state index in [-0.39, 0.29) is 29.8 Å². The molecule has 3 heterocycles. The number of nitrogens with one attached hydrogen (secondary N) is 1. The standard InChI is InChI=1S/C24H30N4O3S3/c1-13(2)28-21(16-10-15(5)32-11-16)26-27-24(28)33-12-19(29)25-22-20(23(30)31-14(3)4)17-8-6-7-9-18(17)34-22/h10-11,13-14H,6-9,12H2,1-5H3,(H,25,29). The number of aromatic nitrogens is 3. The molecule has 0 radical (unpaired) electrons. The fraction of sp³-hybridized carbons (Fsp3) is 0.500. The highest BCUT2D eigenvalue weighted by Gasteiger charge is 2.28. The molecule has 4 rings (SSSR count). The number of thiophene rings is 2. The second-order valence-corrected chi connectivity index (χ2v) is 12.1. The number of ether oxygens (including phenoxy) is 1. The predicted molar refractivity (Wildman–Crippen MR) is 139 cm³/mol. The lowest BCUT2D eigenvalue weighted by Crippen LogP contribution is -2.19. The topological polar surface area (TPSA) is 86.1 Å². The van der Waals surface area contributed by atoms with Gasteiger partial charge in [-0.3, -0.25) is 9.36 Å². The Morgan fingerprint density at radius 1 is 1.21 bits per heavy atom. The summed E-state index contributed by atoms with van der Waals surface area (Å²) in [6.07, 6.45) is 3.73. The summed E-state index contributed by atoms with van der Waals surface area (Å²) >= 11 is 4.54. The van der Waals surface area contributed by atoms with Gasteiger partial charge in [0.15, 0.2) is 11.0 Å². The van der Waals surface area contributed by atoms with Gasteiger partial charge in [-0.15, -0.1) is 32.9 Å². The first-order valence-corrected chi connectivity index (χ1v) is 14.2. The molecule has 0 unspecified atom stereocenters. The summed E-state index contributed by atoms with van der Waals surface area (Å²) in [5, 5.41) is 15.1. The third kappa shape index (κ3) is 5.39. The lowest BCUT2D eigenvalue weighted by Gasteiger charge is -2.14. The molecule has 0 atom stereocenters. The Morgan fingerprint density at radius 2 is 1.97 bits per heavy atom. The summed E-state index contributed by atoms with van der Waals surface area (Å²) in [6.45, 7) is 9.90. The van der Waals surface area contributed by atoms with Crippen LogP contribution in [-0.2, 0) is 22.4 Å². The highest BCUT2D eigenvalue weighted by molar-refractivity contribution is 7.99. The number of amides is 1. The van der Waals surface area contributed by atoms with E-state index < -0.39 is 0 Å². The smallest absolute Gasteiger partial charge is 0.341 e. The van der Waals surface area contributed by atoms with Crippen LogP contribution in [0.1, 0.15) is 72.3 Å². The molecular formula is C24H30N4O3S3. The van der Waals surface area contributed by atoms with Crippen LogP contribution in [0, 0.1) is 6.92 Å². The molecule has 1 aliphatic carbocycles. The first-order chi connectivity index (χ1) is 16.2. The zero-order valence-electron chi connectivity index (χ0n) is 20.1. The van der Waals surface area contributed by atoms with Crippen molar-refractivity contribution in [2.24, 2.45) is 0 Å². The number of anilines is 1. The third-order valence-corrected chi connectivity index (χ3v) is 8.48. The van der Waals surface area contributed by atoms with Crippen LogP contribution in [-0.4, -0.2) is 38.5 Å². The van der Waals surface area contributed by atoms with E-state index in [0.717, 1.165) is 42.6 Å². The van der Waals surface area contributed by atoms with E-state index in [1.807, 2.05) is 13.8 Å². The van der Waals surface area contributed by atoms with Gasteiger partial charge in [0, 0.05) is 26.7 Å². The molecule has 7 nitrogen and oxygen atoms in total. The van der Waals surface area contributed by atoms with Gasteiger partial charge in [0.25, 0.3) is 0 Å². The van der Waals surface area contributed by atoms with Gasteiger partial charge in [-0.2, -0.15) is 0 Å². The van der Waals surface area contributed by atoms with Crippen molar-refractivity contribution >= 4 is 51.3 Å². The highest BCUT2D eigenvalue weighted by Crippen LogP contribution is 2.39. The van der Waals surface area contributed by atoms with E-state index in [0.29, 0.717) is 15.7 Å². The zero-order chi connectivity index (χ0) is 24.4. The minimum absolute atomic E-state index is 0.150. The largest absolute Gasteiger partial charge is 0.459 e. The van der Waals surface area contributed by atoms with E-state index in [9.17, 15) is 9.59 Å². The van der Waals surface area contributed by atoms with Crippen LogP contribution in [0.3, 0.4) is 0 Å². The molecule has 1 N–H and O–H groups in total. The summed E-state index contributed by atoms with van der Waals surface area (Å²) in [5.74, 6) is 0.460. The highest BCUT2D eigenvalue weighted by atomic mass is 32.2. The molecule has 10 heteroatoms. The first kappa shape index (κ1) is 24.9. The van der Waals surface area contributed by atoms with Gasteiger partial charge in [-0.25, -0.2) is 4.79 Å². The molecule has 182 valence electrons. The lowest BCUT2D eigenvalue weighted by atomic mass is 9.95. The average Bonchev–Trinajstić information content (AvgIpc) is 3.47. The number of hydrogen-bond donors (Lipinski definition) is 1. The normalized spacial score (nSPS) is 13.4. The number of thioether (sulfide) groups is 1. The Labute approximate surface area is 212 Å². The molecule has 0 spiro atoms. The summed E-state index contributed by atoms with van der Waals surface area (Å²) < 4.78 is 7.56. The van der Waals surface area contributed by atoms with Gasteiger partial charge < -0.3 is 10.1 Å². The quantitative estimate of drug-likeness (QED) is 0.285. The SMILES string of the molecule is Cc1cc(-c2nnc(SCC(=O)Nc3sc4c(c3C(=O)OC(C)C)CCCC4)n2C(C)C)cs1. The Hall–Kier alpha value is -2.17. The summed E-state index contributed by atoms with van der Waals surface area (Å²) in [7, 11) is 0. The van der Waals surface area contributed by atoms with Crippen LogP contribution in [0.4, 0.5) is 5.00 Å². The Bertz CT molecular complexity index is 1190. The number of fused-ring (bicyclic) bond motifs is 1. The first-order valence-electron chi connectivity index (χ1n) is 11.5. The van der Waals surface area contributed by atoms with Gasteiger partial charge in [0.1, 0.15) is 5.00 Å². The number of carbonyl (C=O) groups is 2. The Balaban J connectivity index is 1.50. The van der Waals surface area contributed by atoms with Gasteiger partial charge in [-0.1, -0.05) is 11.8 Å². The van der Waals surface area contributed by atoms with Crippen LogP contribution in [0.25, 0.3) is 11.4 Å². The van der Waals surface area contributed by atoms with E-state index in [1.54, 1.807) is 11.3 Å². The molecule has 0 saturated heterocycles.